The molecule has 23 heavy (non-hydrogen) atoms. The summed E-state index contributed by atoms with van der Waals surface area (Å²) in [6.45, 7) is 7.07. The quantitative estimate of drug-likeness (QED) is 0.507. The molecular weight excluding hydrogens is 310 g/mol. The molecule has 0 fully saturated rings. The van der Waals surface area contributed by atoms with E-state index in [1.54, 1.807) is 7.11 Å². The van der Waals surface area contributed by atoms with E-state index < -0.39 is 0 Å². The van der Waals surface area contributed by atoms with Gasteiger partial charge in [-0.3, -0.25) is 4.48 Å². The van der Waals surface area contributed by atoms with Crippen LogP contribution in [0.2, 0.25) is 0 Å². The Hall–Kier alpha value is -0.980. The maximum atomic E-state index is 5.89. The Bertz CT molecular complexity index is 518. The van der Waals surface area contributed by atoms with Crippen LogP contribution in [-0.2, 0) is 4.74 Å². The molecule has 0 saturated heterocycles. The summed E-state index contributed by atoms with van der Waals surface area (Å²) in [6.07, 6.45) is 8.29. The number of aromatic nitrogens is 2. The maximum absolute atomic E-state index is 5.89. The summed E-state index contributed by atoms with van der Waals surface area (Å²) in [5.74, 6) is 0.705. The Kier molecular flexibility index (Phi) is 6.99. The van der Waals surface area contributed by atoms with Crippen molar-refractivity contribution in [3.8, 4) is 5.88 Å². The number of hydrogen-bond donors (Lipinski definition) is 0. The van der Waals surface area contributed by atoms with Gasteiger partial charge in [-0.1, -0.05) is 32.3 Å². The van der Waals surface area contributed by atoms with Crippen molar-refractivity contribution in [3.05, 3.63) is 11.8 Å². The lowest BCUT2D eigenvalue weighted by atomic mass is 10.0. The molecule has 1 aliphatic rings. The maximum Gasteiger partial charge on any atom is 0.253 e. The lowest BCUT2D eigenvalue weighted by Gasteiger charge is -2.41. The minimum absolute atomic E-state index is 0.170. The van der Waals surface area contributed by atoms with Gasteiger partial charge in [-0.15, -0.1) is 4.37 Å². The van der Waals surface area contributed by atoms with E-state index in [-0.39, 0.29) is 6.23 Å². The fourth-order valence-corrected chi connectivity index (χ4v) is 3.50. The van der Waals surface area contributed by atoms with E-state index in [4.69, 9.17) is 9.47 Å². The Balaban J connectivity index is 1.99. The summed E-state index contributed by atoms with van der Waals surface area (Å²) >= 11 is 1.24. The van der Waals surface area contributed by atoms with Crippen LogP contribution in [0, 0.1) is 0 Å². The fourth-order valence-electron chi connectivity index (χ4n) is 2.97. The summed E-state index contributed by atoms with van der Waals surface area (Å²) < 4.78 is 21.2. The largest absolute Gasteiger partial charge is 0.475 e. The average molecular weight is 341 g/mol. The number of methoxy groups -OCH3 is 1. The normalized spacial score (nSPS) is 22.7. The van der Waals surface area contributed by atoms with Crippen molar-refractivity contribution in [1.29, 1.82) is 0 Å². The van der Waals surface area contributed by atoms with Gasteiger partial charge in [-0.25, -0.2) is 0 Å². The minimum atomic E-state index is 0.170. The zero-order valence-corrected chi connectivity index (χ0v) is 15.7. The first kappa shape index (κ1) is 18.4. The number of likely N-dealkylation sites (N-methyl/N-ethyl adjacent to an activating group) is 1. The van der Waals surface area contributed by atoms with Gasteiger partial charge in [-0.05, 0) is 6.42 Å². The molecule has 5 nitrogen and oxygen atoms in total. The topological polar surface area (TPSA) is 44.2 Å². The third-order valence-corrected chi connectivity index (χ3v) is 5.29. The molecule has 2 unspecified atom stereocenters. The number of quaternary nitrogens is 1. The monoisotopic (exact) mass is 340 g/mol. The van der Waals surface area contributed by atoms with Crippen LogP contribution in [0.4, 0.5) is 0 Å². The van der Waals surface area contributed by atoms with E-state index in [1.807, 2.05) is 0 Å². The number of unbranched alkanes of at least 4 members (excludes halogenated alkanes) is 3. The van der Waals surface area contributed by atoms with Crippen LogP contribution < -0.4 is 4.74 Å². The fraction of sp³-hybridized carbons (Fsp3) is 0.765. The molecule has 0 N–H and O–H groups in total. The molecule has 1 aromatic heterocycles. The first-order chi connectivity index (χ1) is 11.1. The number of ether oxygens (including phenoxy) is 2. The van der Waals surface area contributed by atoms with E-state index in [2.05, 4.69) is 35.7 Å². The number of rotatable bonds is 9. The smallest absolute Gasteiger partial charge is 0.253 e. The molecule has 2 rings (SSSR count). The van der Waals surface area contributed by atoms with Crippen molar-refractivity contribution in [1.82, 2.24) is 8.75 Å². The first-order valence-electron chi connectivity index (χ1n) is 8.62. The molecule has 0 aromatic carbocycles. The summed E-state index contributed by atoms with van der Waals surface area (Å²) in [5.41, 5.74) is 2.16. The summed E-state index contributed by atoms with van der Waals surface area (Å²) in [5, 5.41) is 0. The second-order valence-corrected chi connectivity index (χ2v) is 7.07. The molecule has 130 valence electrons. The molecule has 0 spiro atoms. The van der Waals surface area contributed by atoms with Gasteiger partial charge >= 0.3 is 0 Å². The Morgan fingerprint density at radius 1 is 1.30 bits per heavy atom. The van der Waals surface area contributed by atoms with E-state index in [0.717, 1.165) is 42.7 Å². The van der Waals surface area contributed by atoms with Crippen LogP contribution in [-0.4, -0.2) is 53.3 Å². The second kappa shape index (κ2) is 8.76. The Morgan fingerprint density at radius 3 is 2.87 bits per heavy atom. The zero-order valence-electron chi connectivity index (χ0n) is 14.9. The molecule has 0 amide bonds. The van der Waals surface area contributed by atoms with Crippen molar-refractivity contribution in [3.63, 3.8) is 0 Å². The Labute approximate surface area is 144 Å². The lowest BCUT2D eigenvalue weighted by molar-refractivity contribution is -0.946. The highest BCUT2D eigenvalue weighted by atomic mass is 32.1. The van der Waals surface area contributed by atoms with Gasteiger partial charge in [0.2, 0.25) is 0 Å². The highest BCUT2D eigenvalue weighted by Gasteiger charge is 2.34. The highest BCUT2D eigenvalue weighted by molar-refractivity contribution is 6.99. The van der Waals surface area contributed by atoms with Gasteiger partial charge in [0.25, 0.3) is 5.88 Å². The van der Waals surface area contributed by atoms with Crippen molar-refractivity contribution < 1.29 is 14.0 Å². The third kappa shape index (κ3) is 4.75. The molecule has 1 aromatic rings. The van der Waals surface area contributed by atoms with Crippen molar-refractivity contribution in [2.24, 2.45) is 0 Å². The van der Waals surface area contributed by atoms with Crippen molar-refractivity contribution >= 4 is 17.3 Å². The van der Waals surface area contributed by atoms with Crippen LogP contribution in [0.15, 0.2) is 6.08 Å². The molecule has 0 aliphatic carbocycles. The summed E-state index contributed by atoms with van der Waals surface area (Å²) in [4.78, 5) is 0. The lowest BCUT2D eigenvalue weighted by Crippen LogP contribution is -2.54. The van der Waals surface area contributed by atoms with Crippen LogP contribution in [0.5, 0.6) is 5.88 Å². The van der Waals surface area contributed by atoms with Crippen LogP contribution in [0.1, 0.15) is 51.6 Å². The summed E-state index contributed by atoms with van der Waals surface area (Å²) in [6, 6.07) is 0. The predicted molar refractivity (Wildman–Crippen MR) is 94.5 cm³/mol. The van der Waals surface area contributed by atoms with E-state index in [0.29, 0.717) is 5.88 Å². The van der Waals surface area contributed by atoms with Gasteiger partial charge in [0.15, 0.2) is 6.23 Å². The SMILES string of the molecule is CCCCCCOc1nsnc1C1=CCC[N+](C)(C(C)OC)C1. The predicted octanol–water partition coefficient (Wildman–Crippen LogP) is 3.72. The molecule has 2 heterocycles. The van der Waals surface area contributed by atoms with E-state index >= 15 is 0 Å². The minimum Gasteiger partial charge on any atom is -0.475 e. The summed E-state index contributed by atoms with van der Waals surface area (Å²) in [7, 11) is 4.02. The molecule has 2 atom stereocenters. The third-order valence-electron chi connectivity index (χ3n) is 4.78. The molecule has 0 bridgehead atoms. The van der Waals surface area contributed by atoms with Crippen molar-refractivity contribution in [2.45, 2.75) is 52.2 Å². The van der Waals surface area contributed by atoms with E-state index in [9.17, 15) is 0 Å². The van der Waals surface area contributed by atoms with E-state index in [1.165, 1.54) is 36.6 Å². The van der Waals surface area contributed by atoms with Gasteiger partial charge in [0.05, 0.1) is 31.9 Å². The standard InChI is InChI=1S/C17H30N3O2S/c1-5-6-7-8-12-22-17-16(18-23-19-17)15-10-9-11-20(3,13-15)14(2)21-4/h10,14H,5-9,11-13H2,1-4H3/q+1. The van der Waals surface area contributed by atoms with Gasteiger partial charge < -0.3 is 9.47 Å². The molecule has 0 saturated carbocycles. The number of nitrogens with zero attached hydrogens (tertiary/aromatic N) is 3. The van der Waals surface area contributed by atoms with Crippen molar-refractivity contribution in [2.75, 3.05) is 33.9 Å². The molecular formula is C17H30N3O2S+. The van der Waals surface area contributed by atoms with Crippen LogP contribution in [0.3, 0.4) is 0 Å². The number of hydrogen-bond acceptors (Lipinski definition) is 5. The van der Waals surface area contributed by atoms with Gasteiger partial charge in [-0.2, -0.15) is 4.37 Å². The average Bonchev–Trinajstić information content (AvgIpc) is 3.02. The molecule has 6 heteroatoms. The van der Waals surface area contributed by atoms with Gasteiger partial charge in [0, 0.05) is 26.0 Å². The van der Waals surface area contributed by atoms with Crippen LogP contribution in [0.25, 0.3) is 5.57 Å². The van der Waals surface area contributed by atoms with Gasteiger partial charge in [0.1, 0.15) is 12.2 Å². The molecule has 0 radical (unpaired) electrons. The molecule has 1 aliphatic heterocycles. The zero-order chi connectivity index (χ0) is 16.7. The Morgan fingerprint density at radius 2 is 2.13 bits per heavy atom. The second-order valence-electron chi connectivity index (χ2n) is 6.54. The van der Waals surface area contributed by atoms with Crippen LogP contribution >= 0.6 is 11.7 Å². The highest BCUT2D eigenvalue weighted by Crippen LogP contribution is 2.31. The first-order valence-corrected chi connectivity index (χ1v) is 9.35.